The molecule has 0 amide bonds. The van der Waals surface area contributed by atoms with Crippen molar-refractivity contribution >= 4 is 28.0 Å². The fourth-order valence-corrected chi connectivity index (χ4v) is 2.71. The van der Waals surface area contributed by atoms with Gasteiger partial charge in [-0.15, -0.1) is 0 Å². The van der Waals surface area contributed by atoms with Crippen molar-refractivity contribution in [3.05, 3.63) is 69.7 Å². The van der Waals surface area contributed by atoms with E-state index in [0.717, 1.165) is 16.6 Å². The molecule has 1 atom stereocenters. The monoisotopic (exact) mass is 482 g/mol. The molecule has 0 aliphatic carbocycles. The number of ether oxygens (including phenoxy) is 2. The smallest absolute Gasteiger partial charge is 0.350 e. The Morgan fingerprint density at radius 2 is 1.60 bits per heavy atom. The summed E-state index contributed by atoms with van der Waals surface area (Å²) in [6.45, 7) is 7.81. The molecule has 2 aromatic rings. The van der Waals surface area contributed by atoms with Crippen LogP contribution in [0.3, 0.4) is 0 Å². The highest BCUT2D eigenvalue weighted by Gasteiger charge is 2.36. The zero-order chi connectivity index (χ0) is 22.7. The van der Waals surface area contributed by atoms with E-state index in [1.165, 1.54) is 26.0 Å². The zero-order valence-corrected chi connectivity index (χ0v) is 19.1. The molecule has 0 bridgehead atoms. The lowest BCUT2D eigenvalue weighted by Crippen LogP contribution is -2.43. The van der Waals surface area contributed by atoms with Gasteiger partial charge in [-0.25, -0.2) is 13.6 Å². The average Bonchev–Trinajstić information content (AvgIpc) is 2.62. The standard InChI is InChI=1S/C23H25BrF2O4/c1-22(2,3)30-21(28)23(4,5)29-20-17(25)12-14(13-18(20)26)6-11-19(27)15-7-9-16(24)10-8-15/h6-13,19,27H,1-5H3/b11-6+. The Morgan fingerprint density at radius 3 is 2.10 bits per heavy atom. The Labute approximate surface area is 183 Å². The minimum Gasteiger partial charge on any atom is -0.470 e. The molecule has 7 heteroatoms. The van der Waals surface area contributed by atoms with Crippen molar-refractivity contribution in [1.82, 2.24) is 0 Å². The average molecular weight is 483 g/mol. The lowest BCUT2D eigenvalue weighted by Gasteiger charge is -2.29. The first-order valence-corrected chi connectivity index (χ1v) is 10.1. The number of carbonyl (C=O) groups excluding carboxylic acids is 1. The normalized spacial score (nSPS) is 13.4. The molecular weight excluding hydrogens is 458 g/mol. The summed E-state index contributed by atoms with van der Waals surface area (Å²) in [6, 6.07) is 9.16. The fraction of sp³-hybridized carbons (Fsp3) is 0.348. The minimum absolute atomic E-state index is 0.198. The van der Waals surface area contributed by atoms with Crippen LogP contribution in [-0.4, -0.2) is 22.3 Å². The summed E-state index contributed by atoms with van der Waals surface area (Å²) < 4.78 is 40.5. The molecule has 2 aromatic carbocycles. The molecule has 0 saturated heterocycles. The molecule has 0 radical (unpaired) electrons. The summed E-state index contributed by atoms with van der Waals surface area (Å²) in [6.07, 6.45) is 1.89. The van der Waals surface area contributed by atoms with Gasteiger partial charge in [0, 0.05) is 4.47 Å². The van der Waals surface area contributed by atoms with Crippen LogP contribution >= 0.6 is 15.9 Å². The van der Waals surface area contributed by atoms with Crippen LogP contribution in [-0.2, 0) is 9.53 Å². The van der Waals surface area contributed by atoms with Gasteiger partial charge in [-0.3, -0.25) is 0 Å². The van der Waals surface area contributed by atoms with E-state index < -0.39 is 40.7 Å². The summed E-state index contributed by atoms with van der Waals surface area (Å²) in [4.78, 5) is 12.3. The van der Waals surface area contributed by atoms with Crippen LogP contribution in [0, 0.1) is 11.6 Å². The SMILES string of the molecule is CC(C)(C)OC(=O)C(C)(C)Oc1c(F)cc(/C=C/C(O)c2ccc(Br)cc2)cc1F. The molecule has 1 unspecified atom stereocenters. The summed E-state index contributed by atoms with van der Waals surface area (Å²) in [5.74, 6) is -3.35. The Bertz CT molecular complexity index is 908. The number of benzene rings is 2. The maximum absolute atomic E-state index is 14.5. The molecule has 0 aliphatic rings. The second kappa shape index (κ2) is 9.27. The van der Waals surface area contributed by atoms with Crippen LogP contribution in [0.5, 0.6) is 5.75 Å². The molecule has 0 fully saturated rings. The Kier molecular flexibility index (Phi) is 7.42. The summed E-state index contributed by atoms with van der Waals surface area (Å²) in [7, 11) is 0. The zero-order valence-electron chi connectivity index (χ0n) is 17.5. The molecule has 162 valence electrons. The van der Waals surface area contributed by atoms with E-state index in [9.17, 15) is 18.7 Å². The summed E-state index contributed by atoms with van der Waals surface area (Å²) >= 11 is 3.31. The number of aliphatic hydroxyl groups excluding tert-OH is 1. The van der Waals surface area contributed by atoms with Crippen molar-refractivity contribution in [2.24, 2.45) is 0 Å². The van der Waals surface area contributed by atoms with E-state index in [0.29, 0.717) is 5.56 Å². The van der Waals surface area contributed by atoms with E-state index in [-0.39, 0.29) is 5.56 Å². The molecule has 4 nitrogen and oxygen atoms in total. The Morgan fingerprint density at radius 1 is 1.07 bits per heavy atom. The maximum Gasteiger partial charge on any atom is 0.350 e. The predicted molar refractivity (Wildman–Crippen MR) is 115 cm³/mol. The van der Waals surface area contributed by atoms with Gasteiger partial charge in [-0.05, 0) is 70.0 Å². The third kappa shape index (κ3) is 6.64. The van der Waals surface area contributed by atoms with E-state index >= 15 is 0 Å². The van der Waals surface area contributed by atoms with Gasteiger partial charge in [-0.2, -0.15) is 0 Å². The van der Waals surface area contributed by atoms with Crippen LogP contribution in [0.1, 0.15) is 51.8 Å². The number of rotatable bonds is 6. The van der Waals surface area contributed by atoms with Crippen molar-refractivity contribution in [3.63, 3.8) is 0 Å². The third-order valence-electron chi connectivity index (χ3n) is 3.95. The number of hydrogen-bond acceptors (Lipinski definition) is 4. The van der Waals surface area contributed by atoms with Crippen molar-refractivity contribution in [2.45, 2.75) is 51.9 Å². The van der Waals surface area contributed by atoms with Gasteiger partial charge >= 0.3 is 5.97 Å². The second-order valence-electron chi connectivity index (χ2n) is 8.28. The maximum atomic E-state index is 14.5. The van der Waals surface area contributed by atoms with E-state index in [2.05, 4.69) is 15.9 Å². The van der Waals surface area contributed by atoms with Crippen LogP contribution < -0.4 is 4.74 Å². The van der Waals surface area contributed by atoms with Gasteiger partial charge in [0.15, 0.2) is 17.4 Å². The van der Waals surface area contributed by atoms with Crippen molar-refractivity contribution in [1.29, 1.82) is 0 Å². The molecule has 0 aromatic heterocycles. The Hall–Kier alpha value is -2.25. The van der Waals surface area contributed by atoms with Crippen LogP contribution in [0.15, 0.2) is 46.9 Å². The van der Waals surface area contributed by atoms with Crippen molar-refractivity contribution in [2.75, 3.05) is 0 Å². The molecule has 0 heterocycles. The number of carbonyl (C=O) groups is 1. The van der Waals surface area contributed by atoms with Crippen LogP contribution in [0.4, 0.5) is 8.78 Å². The van der Waals surface area contributed by atoms with E-state index in [1.54, 1.807) is 45.0 Å². The molecular formula is C23H25BrF2O4. The molecule has 2 rings (SSSR count). The quantitative estimate of drug-likeness (QED) is 0.515. The van der Waals surface area contributed by atoms with E-state index in [4.69, 9.17) is 9.47 Å². The van der Waals surface area contributed by atoms with Crippen LogP contribution in [0.2, 0.25) is 0 Å². The molecule has 1 N–H and O–H groups in total. The van der Waals surface area contributed by atoms with Gasteiger partial charge in [-0.1, -0.05) is 40.2 Å². The summed E-state index contributed by atoms with van der Waals surface area (Å²) in [5, 5.41) is 10.2. The van der Waals surface area contributed by atoms with E-state index in [1.807, 2.05) is 0 Å². The topological polar surface area (TPSA) is 55.8 Å². The molecule has 0 spiro atoms. The fourth-order valence-electron chi connectivity index (χ4n) is 2.44. The predicted octanol–water partition coefficient (Wildman–Crippen LogP) is 5.97. The lowest BCUT2D eigenvalue weighted by molar-refractivity contribution is -0.171. The number of esters is 1. The Balaban J connectivity index is 2.18. The number of halogens is 3. The largest absolute Gasteiger partial charge is 0.470 e. The van der Waals surface area contributed by atoms with Crippen LogP contribution in [0.25, 0.3) is 6.08 Å². The van der Waals surface area contributed by atoms with Gasteiger partial charge in [0.1, 0.15) is 5.60 Å². The lowest BCUT2D eigenvalue weighted by atomic mass is 10.1. The molecule has 0 saturated carbocycles. The molecule has 30 heavy (non-hydrogen) atoms. The number of hydrogen-bond donors (Lipinski definition) is 1. The van der Waals surface area contributed by atoms with Gasteiger partial charge in [0.05, 0.1) is 6.10 Å². The highest BCUT2D eigenvalue weighted by atomic mass is 79.9. The van der Waals surface area contributed by atoms with Crippen molar-refractivity contribution in [3.8, 4) is 5.75 Å². The number of aliphatic hydroxyl groups is 1. The van der Waals surface area contributed by atoms with Crippen molar-refractivity contribution < 1.29 is 28.2 Å². The molecule has 0 aliphatic heterocycles. The first-order valence-electron chi connectivity index (χ1n) is 9.32. The second-order valence-corrected chi connectivity index (χ2v) is 9.20. The van der Waals surface area contributed by atoms with Gasteiger partial charge in [0.25, 0.3) is 0 Å². The first kappa shape index (κ1) is 24.0. The first-order chi connectivity index (χ1) is 13.8. The third-order valence-corrected chi connectivity index (χ3v) is 4.48. The highest BCUT2D eigenvalue weighted by molar-refractivity contribution is 9.10. The minimum atomic E-state index is -1.59. The highest BCUT2D eigenvalue weighted by Crippen LogP contribution is 2.29. The van der Waals surface area contributed by atoms with Gasteiger partial charge < -0.3 is 14.6 Å². The summed E-state index contributed by atoms with van der Waals surface area (Å²) in [5.41, 5.74) is -1.53. The van der Waals surface area contributed by atoms with Gasteiger partial charge in [0.2, 0.25) is 5.60 Å².